The molecule has 2 rings (SSSR count). The van der Waals surface area contributed by atoms with Crippen LogP contribution in [0.25, 0.3) is 0 Å². The van der Waals surface area contributed by atoms with Crippen LogP contribution in [-0.4, -0.2) is 28.6 Å². The van der Waals surface area contributed by atoms with Crippen LogP contribution in [0.3, 0.4) is 0 Å². The molecule has 0 radical (unpaired) electrons. The highest BCUT2D eigenvalue weighted by Gasteiger charge is 2.25. The highest BCUT2D eigenvalue weighted by Crippen LogP contribution is 2.27. The summed E-state index contributed by atoms with van der Waals surface area (Å²) in [5, 5.41) is 12.2. The molecular weight excluding hydrogens is 258 g/mol. The number of carbonyl (C=O) groups is 1. The molecule has 0 aliphatic carbocycles. The van der Waals surface area contributed by atoms with Crippen molar-refractivity contribution in [3.05, 3.63) is 35.9 Å². The Morgan fingerprint density at radius 2 is 2.21 bits per heavy atom. The standard InChI is InChI=1S/C15H21NO2S/c17-10-4-8-13(12-6-2-1-3-7-12)16-15(18)14-9-5-11-19-14/h1-3,6-7,13-14,17H,4-5,8-11H2,(H,16,18). The zero-order valence-electron chi connectivity index (χ0n) is 11.0. The van der Waals surface area contributed by atoms with Crippen molar-refractivity contribution in [2.75, 3.05) is 12.4 Å². The maximum atomic E-state index is 12.2. The summed E-state index contributed by atoms with van der Waals surface area (Å²) >= 11 is 1.75. The zero-order valence-corrected chi connectivity index (χ0v) is 11.9. The Labute approximate surface area is 118 Å². The second-order valence-electron chi connectivity index (χ2n) is 4.84. The topological polar surface area (TPSA) is 49.3 Å². The lowest BCUT2D eigenvalue weighted by molar-refractivity contribution is -0.121. The van der Waals surface area contributed by atoms with E-state index in [4.69, 9.17) is 5.11 Å². The lowest BCUT2D eigenvalue weighted by Crippen LogP contribution is -2.34. The van der Waals surface area contributed by atoms with E-state index in [0.29, 0.717) is 6.42 Å². The monoisotopic (exact) mass is 279 g/mol. The van der Waals surface area contributed by atoms with Crippen LogP contribution >= 0.6 is 11.8 Å². The first-order chi connectivity index (χ1) is 9.31. The molecule has 1 aliphatic rings. The predicted octanol–water partition coefficient (Wildman–Crippen LogP) is 2.51. The maximum absolute atomic E-state index is 12.2. The summed E-state index contributed by atoms with van der Waals surface area (Å²) < 4.78 is 0. The summed E-state index contributed by atoms with van der Waals surface area (Å²) in [6.45, 7) is 0.164. The van der Waals surface area contributed by atoms with Crippen molar-refractivity contribution < 1.29 is 9.90 Å². The van der Waals surface area contributed by atoms with Gasteiger partial charge in [-0.05, 0) is 37.0 Å². The summed E-state index contributed by atoms with van der Waals surface area (Å²) in [5.74, 6) is 1.24. The number of aliphatic hydroxyl groups is 1. The van der Waals surface area contributed by atoms with E-state index in [1.807, 2.05) is 30.3 Å². The number of rotatable bonds is 6. The number of benzene rings is 1. The Morgan fingerprint density at radius 1 is 1.42 bits per heavy atom. The molecule has 2 unspecified atom stereocenters. The third-order valence-corrected chi connectivity index (χ3v) is 4.77. The van der Waals surface area contributed by atoms with Gasteiger partial charge < -0.3 is 10.4 Å². The minimum Gasteiger partial charge on any atom is -0.396 e. The predicted molar refractivity (Wildman–Crippen MR) is 79.1 cm³/mol. The minimum absolute atomic E-state index is 0.0158. The van der Waals surface area contributed by atoms with Crippen molar-refractivity contribution in [3.8, 4) is 0 Å². The summed E-state index contributed by atoms with van der Waals surface area (Å²) in [4.78, 5) is 12.2. The van der Waals surface area contributed by atoms with Gasteiger partial charge in [-0.2, -0.15) is 0 Å². The second-order valence-corrected chi connectivity index (χ2v) is 6.15. The number of hydrogen-bond acceptors (Lipinski definition) is 3. The van der Waals surface area contributed by atoms with Crippen molar-refractivity contribution in [2.24, 2.45) is 0 Å². The van der Waals surface area contributed by atoms with E-state index >= 15 is 0 Å². The van der Waals surface area contributed by atoms with E-state index in [9.17, 15) is 4.79 Å². The third kappa shape index (κ3) is 4.25. The number of hydrogen-bond donors (Lipinski definition) is 2. The molecule has 2 atom stereocenters. The number of amides is 1. The lowest BCUT2D eigenvalue weighted by Gasteiger charge is -2.21. The van der Waals surface area contributed by atoms with Crippen molar-refractivity contribution >= 4 is 17.7 Å². The fourth-order valence-corrected chi connectivity index (χ4v) is 3.52. The summed E-state index contributed by atoms with van der Waals surface area (Å²) in [7, 11) is 0. The largest absolute Gasteiger partial charge is 0.396 e. The second kappa shape index (κ2) is 7.56. The SMILES string of the molecule is O=C(NC(CCCO)c1ccccc1)C1CCCS1. The van der Waals surface area contributed by atoms with Crippen LogP contribution in [-0.2, 0) is 4.79 Å². The van der Waals surface area contributed by atoms with E-state index in [2.05, 4.69) is 5.32 Å². The van der Waals surface area contributed by atoms with E-state index < -0.39 is 0 Å². The number of nitrogens with one attached hydrogen (secondary N) is 1. The maximum Gasteiger partial charge on any atom is 0.233 e. The van der Waals surface area contributed by atoms with Gasteiger partial charge in [0.15, 0.2) is 0 Å². The molecule has 104 valence electrons. The first-order valence-corrected chi connectivity index (χ1v) is 7.94. The van der Waals surface area contributed by atoms with Crippen LogP contribution in [0.2, 0.25) is 0 Å². The average molecular weight is 279 g/mol. The Kier molecular flexibility index (Phi) is 5.73. The van der Waals surface area contributed by atoms with Crippen LogP contribution in [0, 0.1) is 0 Å². The first-order valence-electron chi connectivity index (χ1n) is 6.89. The van der Waals surface area contributed by atoms with Gasteiger partial charge in [0.25, 0.3) is 0 Å². The Hall–Kier alpha value is -1.00. The Bertz CT molecular complexity index is 390. The average Bonchev–Trinajstić information content (AvgIpc) is 2.98. The fourth-order valence-electron chi connectivity index (χ4n) is 2.35. The third-order valence-electron chi connectivity index (χ3n) is 3.39. The van der Waals surface area contributed by atoms with Crippen molar-refractivity contribution in [1.29, 1.82) is 0 Å². The van der Waals surface area contributed by atoms with Gasteiger partial charge in [-0.15, -0.1) is 11.8 Å². The highest BCUT2D eigenvalue weighted by atomic mass is 32.2. The molecule has 3 nitrogen and oxygen atoms in total. The van der Waals surface area contributed by atoms with Crippen LogP contribution in [0.5, 0.6) is 0 Å². The molecule has 0 bridgehead atoms. The first kappa shape index (κ1) is 14.4. The van der Waals surface area contributed by atoms with Gasteiger partial charge in [0.1, 0.15) is 0 Å². The molecule has 4 heteroatoms. The smallest absolute Gasteiger partial charge is 0.233 e. The molecule has 19 heavy (non-hydrogen) atoms. The zero-order chi connectivity index (χ0) is 13.5. The molecule has 1 aromatic rings. The Balaban J connectivity index is 1.99. The van der Waals surface area contributed by atoms with Crippen LogP contribution in [0.4, 0.5) is 0 Å². The van der Waals surface area contributed by atoms with Crippen LogP contribution in [0.1, 0.15) is 37.3 Å². The van der Waals surface area contributed by atoms with Gasteiger partial charge in [-0.1, -0.05) is 30.3 Å². The van der Waals surface area contributed by atoms with Gasteiger partial charge in [-0.3, -0.25) is 4.79 Å². The van der Waals surface area contributed by atoms with E-state index in [0.717, 1.165) is 30.6 Å². The molecule has 1 heterocycles. The summed E-state index contributed by atoms with van der Waals surface area (Å²) in [5.41, 5.74) is 1.12. The molecule has 1 aromatic carbocycles. The van der Waals surface area contributed by atoms with Crippen LogP contribution in [0.15, 0.2) is 30.3 Å². The van der Waals surface area contributed by atoms with E-state index in [1.165, 1.54) is 0 Å². The normalized spacial score (nSPS) is 20.2. The van der Waals surface area contributed by atoms with Gasteiger partial charge >= 0.3 is 0 Å². The Morgan fingerprint density at radius 3 is 2.84 bits per heavy atom. The molecule has 1 aliphatic heterocycles. The number of thioether (sulfide) groups is 1. The van der Waals surface area contributed by atoms with Crippen molar-refractivity contribution in [3.63, 3.8) is 0 Å². The molecule has 0 spiro atoms. The quantitative estimate of drug-likeness (QED) is 0.841. The molecule has 2 N–H and O–H groups in total. The van der Waals surface area contributed by atoms with Crippen molar-refractivity contribution in [2.45, 2.75) is 37.0 Å². The molecule has 1 fully saturated rings. The highest BCUT2D eigenvalue weighted by molar-refractivity contribution is 8.00. The van der Waals surface area contributed by atoms with Gasteiger partial charge in [0, 0.05) is 6.61 Å². The van der Waals surface area contributed by atoms with Gasteiger partial charge in [-0.25, -0.2) is 0 Å². The molecular formula is C15H21NO2S. The number of aliphatic hydroxyl groups excluding tert-OH is 1. The summed E-state index contributed by atoms with van der Waals surface area (Å²) in [6.07, 6.45) is 3.61. The van der Waals surface area contributed by atoms with E-state index in [-0.39, 0.29) is 23.8 Å². The van der Waals surface area contributed by atoms with Crippen molar-refractivity contribution in [1.82, 2.24) is 5.32 Å². The molecule has 0 aromatic heterocycles. The molecule has 0 saturated carbocycles. The molecule has 1 amide bonds. The molecule has 1 saturated heterocycles. The fraction of sp³-hybridized carbons (Fsp3) is 0.533. The minimum atomic E-state index is 0.0158. The lowest BCUT2D eigenvalue weighted by atomic mass is 10.0. The van der Waals surface area contributed by atoms with E-state index in [1.54, 1.807) is 11.8 Å². The number of carbonyl (C=O) groups excluding carboxylic acids is 1. The summed E-state index contributed by atoms with van der Waals surface area (Å²) in [6, 6.07) is 10.0. The van der Waals surface area contributed by atoms with Gasteiger partial charge in [0.2, 0.25) is 5.91 Å². The van der Waals surface area contributed by atoms with Crippen LogP contribution < -0.4 is 5.32 Å². The van der Waals surface area contributed by atoms with Gasteiger partial charge in [0.05, 0.1) is 11.3 Å².